The number of benzene rings is 1. The fourth-order valence-electron chi connectivity index (χ4n) is 1.11. The lowest BCUT2D eigenvalue weighted by Crippen LogP contribution is -2.28. The topological polar surface area (TPSA) is 41.1 Å². The summed E-state index contributed by atoms with van der Waals surface area (Å²) in [7, 11) is 0. The third-order valence-corrected chi connectivity index (χ3v) is 2.16. The second-order valence-electron chi connectivity index (χ2n) is 3.29. The first-order valence-corrected chi connectivity index (χ1v) is 5.40. The number of hydrazine groups is 1. The lowest BCUT2D eigenvalue weighted by molar-refractivity contribution is -0.120. The second kappa shape index (κ2) is 6.30. The molecule has 0 saturated carbocycles. The molecular formula is C11H15ClN2O. The van der Waals surface area contributed by atoms with E-state index >= 15 is 0 Å². The number of unbranched alkanes of at least 4 members (excludes halogenated alkanes) is 1. The van der Waals surface area contributed by atoms with Crippen molar-refractivity contribution in [3.63, 3.8) is 0 Å². The fourth-order valence-corrected chi connectivity index (χ4v) is 1.30. The van der Waals surface area contributed by atoms with Gasteiger partial charge in [0.25, 0.3) is 0 Å². The van der Waals surface area contributed by atoms with Crippen LogP contribution >= 0.6 is 11.6 Å². The van der Waals surface area contributed by atoms with Crippen molar-refractivity contribution >= 4 is 23.2 Å². The van der Waals surface area contributed by atoms with Crippen LogP contribution in [0, 0.1) is 0 Å². The predicted molar refractivity (Wildman–Crippen MR) is 62.7 cm³/mol. The van der Waals surface area contributed by atoms with Gasteiger partial charge in [-0.3, -0.25) is 15.6 Å². The highest BCUT2D eigenvalue weighted by atomic mass is 35.5. The minimum absolute atomic E-state index is 0.00294. The van der Waals surface area contributed by atoms with Crippen LogP contribution < -0.4 is 10.9 Å². The molecule has 0 saturated heterocycles. The van der Waals surface area contributed by atoms with E-state index in [1.807, 2.05) is 12.1 Å². The maximum Gasteiger partial charge on any atom is 0.238 e. The van der Waals surface area contributed by atoms with E-state index in [4.69, 9.17) is 11.6 Å². The molecule has 3 nitrogen and oxygen atoms in total. The number of hydrogen-bond donors (Lipinski definition) is 2. The summed E-state index contributed by atoms with van der Waals surface area (Å²) in [6.07, 6.45) is 2.47. The zero-order chi connectivity index (χ0) is 11.1. The lowest BCUT2D eigenvalue weighted by Gasteiger charge is -2.08. The van der Waals surface area contributed by atoms with Crippen molar-refractivity contribution in [2.45, 2.75) is 26.2 Å². The summed E-state index contributed by atoms with van der Waals surface area (Å²) in [5.74, 6) is -0.00294. The number of halogens is 1. The van der Waals surface area contributed by atoms with Gasteiger partial charge >= 0.3 is 0 Å². The van der Waals surface area contributed by atoms with Crippen LogP contribution in [-0.4, -0.2) is 5.91 Å². The summed E-state index contributed by atoms with van der Waals surface area (Å²) < 4.78 is 0. The molecule has 1 aromatic carbocycles. The monoisotopic (exact) mass is 226 g/mol. The minimum atomic E-state index is -0.00294. The normalized spacial score (nSPS) is 9.73. The van der Waals surface area contributed by atoms with Crippen LogP contribution in [0.25, 0.3) is 0 Å². The minimum Gasteiger partial charge on any atom is -0.299 e. The van der Waals surface area contributed by atoms with Gasteiger partial charge < -0.3 is 0 Å². The van der Waals surface area contributed by atoms with Crippen molar-refractivity contribution in [1.82, 2.24) is 5.43 Å². The molecule has 1 aromatic rings. The van der Waals surface area contributed by atoms with Crippen molar-refractivity contribution in [2.24, 2.45) is 0 Å². The molecule has 0 radical (unpaired) electrons. The Morgan fingerprint density at radius 2 is 2.27 bits per heavy atom. The number of rotatable bonds is 5. The third kappa shape index (κ3) is 4.70. The molecule has 1 rings (SSSR count). The van der Waals surface area contributed by atoms with Crippen LogP contribution in [-0.2, 0) is 4.79 Å². The highest BCUT2D eigenvalue weighted by molar-refractivity contribution is 6.30. The zero-order valence-electron chi connectivity index (χ0n) is 8.72. The van der Waals surface area contributed by atoms with E-state index in [1.165, 1.54) is 0 Å². The Hall–Kier alpha value is -1.22. The molecule has 15 heavy (non-hydrogen) atoms. The first-order valence-electron chi connectivity index (χ1n) is 5.03. The summed E-state index contributed by atoms with van der Waals surface area (Å²) in [5, 5.41) is 0.641. The van der Waals surface area contributed by atoms with Gasteiger partial charge in [-0.05, 0) is 24.6 Å². The van der Waals surface area contributed by atoms with Gasteiger partial charge in [0.2, 0.25) is 5.91 Å². The van der Waals surface area contributed by atoms with Gasteiger partial charge in [0.15, 0.2) is 0 Å². The third-order valence-electron chi connectivity index (χ3n) is 1.93. The van der Waals surface area contributed by atoms with Crippen molar-refractivity contribution in [1.29, 1.82) is 0 Å². The number of carbonyl (C=O) groups is 1. The molecule has 0 atom stereocenters. The summed E-state index contributed by atoms with van der Waals surface area (Å²) in [4.78, 5) is 11.3. The number of amides is 1. The van der Waals surface area contributed by atoms with Crippen LogP contribution in [0.4, 0.5) is 5.69 Å². The average molecular weight is 227 g/mol. The molecule has 0 spiro atoms. The van der Waals surface area contributed by atoms with E-state index in [-0.39, 0.29) is 5.91 Å². The van der Waals surface area contributed by atoms with Crippen LogP contribution in [0.15, 0.2) is 24.3 Å². The molecule has 4 heteroatoms. The first kappa shape index (κ1) is 11.9. The molecule has 0 bridgehead atoms. The van der Waals surface area contributed by atoms with E-state index in [2.05, 4.69) is 17.8 Å². The van der Waals surface area contributed by atoms with E-state index in [9.17, 15) is 4.79 Å². The van der Waals surface area contributed by atoms with Gasteiger partial charge in [-0.25, -0.2) is 0 Å². The van der Waals surface area contributed by atoms with Crippen molar-refractivity contribution in [3.8, 4) is 0 Å². The maximum atomic E-state index is 11.3. The van der Waals surface area contributed by atoms with E-state index in [1.54, 1.807) is 12.1 Å². The van der Waals surface area contributed by atoms with Crippen LogP contribution in [0.1, 0.15) is 26.2 Å². The Morgan fingerprint density at radius 3 is 2.93 bits per heavy atom. The molecule has 1 amide bonds. The predicted octanol–water partition coefficient (Wildman–Crippen LogP) is 2.97. The molecular weight excluding hydrogens is 212 g/mol. The fraction of sp³-hybridized carbons (Fsp3) is 0.364. The van der Waals surface area contributed by atoms with Gasteiger partial charge in [0.05, 0.1) is 5.69 Å². The molecule has 0 aliphatic carbocycles. The summed E-state index contributed by atoms with van der Waals surface area (Å²) in [5.41, 5.74) is 6.21. The van der Waals surface area contributed by atoms with E-state index in [0.29, 0.717) is 11.4 Å². The Labute approximate surface area is 94.8 Å². The summed E-state index contributed by atoms with van der Waals surface area (Å²) in [6.45, 7) is 2.05. The molecule has 0 aromatic heterocycles. The van der Waals surface area contributed by atoms with Gasteiger partial charge in [-0.2, -0.15) is 0 Å². The van der Waals surface area contributed by atoms with Crippen molar-refractivity contribution < 1.29 is 4.79 Å². The smallest absolute Gasteiger partial charge is 0.238 e. The Kier molecular flexibility index (Phi) is 4.98. The standard InChI is InChI=1S/C11H15ClN2O/c1-2-3-7-11(15)14-13-10-6-4-5-9(12)8-10/h4-6,8,13H,2-3,7H2,1H3,(H,14,15). The second-order valence-corrected chi connectivity index (χ2v) is 3.72. The van der Waals surface area contributed by atoms with Crippen molar-refractivity contribution in [2.75, 3.05) is 5.43 Å². The SMILES string of the molecule is CCCCC(=O)NNc1cccc(Cl)c1. The maximum absolute atomic E-state index is 11.3. The average Bonchev–Trinajstić information content (AvgIpc) is 2.23. The quantitative estimate of drug-likeness (QED) is 0.758. The molecule has 0 fully saturated rings. The highest BCUT2D eigenvalue weighted by Crippen LogP contribution is 2.13. The van der Waals surface area contributed by atoms with E-state index < -0.39 is 0 Å². The molecule has 2 N–H and O–H groups in total. The lowest BCUT2D eigenvalue weighted by atomic mass is 10.2. The van der Waals surface area contributed by atoms with Gasteiger partial charge in [-0.15, -0.1) is 0 Å². The van der Waals surface area contributed by atoms with Gasteiger partial charge in [0, 0.05) is 11.4 Å². The van der Waals surface area contributed by atoms with Crippen LogP contribution in [0.3, 0.4) is 0 Å². The first-order chi connectivity index (χ1) is 7.22. The van der Waals surface area contributed by atoms with E-state index in [0.717, 1.165) is 18.5 Å². The number of carbonyl (C=O) groups excluding carboxylic acids is 1. The molecule has 0 heterocycles. The van der Waals surface area contributed by atoms with Gasteiger partial charge in [-0.1, -0.05) is 31.0 Å². The number of nitrogens with one attached hydrogen (secondary N) is 2. The van der Waals surface area contributed by atoms with Crippen LogP contribution in [0.5, 0.6) is 0 Å². The molecule has 82 valence electrons. The summed E-state index contributed by atoms with van der Waals surface area (Å²) >= 11 is 5.79. The molecule has 0 aliphatic rings. The molecule has 0 unspecified atom stereocenters. The molecule has 0 aliphatic heterocycles. The highest BCUT2D eigenvalue weighted by Gasteiger charge is 1.99. The largest absolute Gasteiger partial charge is 0.299 e. The Balaban J connectivity index is 2.33. The van der Waals surface area contributed by atoms with Crippen LogP contribution in [0.2, 0.25) is 5.02 Å². The zero-order valence-corrected chi connectivity index (χ0v) is 9.47. The summed E-state index contributed by atoms with van der Waals surface area (Å²) in [6, 6.07) is 7.20. The Morgan fingerprint density at radius 1 is 1.47 bits per heavy atom. The van der Waals surface area contributed by atoms with Crippen molar-refractivity contribution in [3.05, 3.63) is 29.3 Å². The number of hydrogen-bond acceptors (Lipinski definition) is 2. The van der Waals surface area contributed by atoms with Gasteiger partial charge in [0.1, 0.15) is 0 Å². The Bertz CT molecular complexity index is 328. The number of anilines is 1.